The highest BCUT2D eigenvalue weighted by Crippen LogP contribution is 2.26. The fourth-order valence-electron chi connectivity index (χ4n) is 1.06. The van der Waals surface area contributed by atoms with Crippen molar-refractivity contribution in [1.82, 2.24) is 4.90 Å². The first kappa shape index (κ1) is 13.9. The molecule has 0 heterocycles. The van der Waals surface area contributed by atoms with Crippen molar-refractivity contribution in [3.05, 3.63) is 12.7 Å². The van der Waals surface area contributed by atoms with Crippen LogP contribution in [0.5, 0.6) is 0 Å². The molecule has 0 saturated heterocycles. The van der Waals surface area contributed by atoms with E-state index in [0.29, 0.717) is 0 Å². The summed E-state index contributed by atoms with van der Waals surface area (Å²) in [5.41, 5.74) is 0. The van der Waals surface area contributed by atoms with Crippen LogP contribution in [0.15, 0.2) is 12.7 Å². The number of hydrogen-bond donors (Lipinski definition) is 1. The maximum atomic E-state index is 12.2. The number of hydrogen-bond acceptors (Lipinski definition) is 3. The van der Waals surface area contributed by atoms with E-state index in [2.05, 4.69) is 6.58 Å². The van der Waals surface area contributed by atoms with Gasteiger partial charge < -0.3 is 5.11 Å². The minimum atomic E-state index is -4.52. The minimum absolute atomic E-state index is 0.0975. The van der Waals surface area contributed by atoms with Crippen LogP contribution in [0.3, 0.4) is 0 Å². The molecular formula is C9H13F3N2O. The molecule has 0 fully saturated rings. The van der Waals surface area contributed by atoms with Gasteiger partial charge in [0.05, 0.1) is 12.7 Å². The van der Waals surface area contributed by atoms with Crippen LogP contribution in [-0.4, -0.2) is 42.4 Å². The molecule has 1 N–H and O–H groups in total. The van der Waals surface area contributed by atoms with E-state index in [1.165, 1.54) is 17.0 Å². The SMILES string of the molecule is C=CCN(CCO)CC(C#N)C(F)(F)F. The normalized spacial score (nSPS) is 13.6. The third-order valence-corrected chi connectivity index (χ3v) is 1.80. The summed E-state index contributed by atoms with van der Waals surface area (Å²) in [5, 5.41) is 17.0. The zero-order valence-electron chi connectivity index (χ0n) is 8.17. The fraction of sp³-hybridized carbons (Fsp3) is 0.667. The molecule has 1 unspecified atom stereocenters. The van der Waals surface area contributed by atoms with E-state index in [9.17, 15) is 13.2 Å². The Morgan fingerprint density at radius 3 is 2.47 bits per heavy atom. The van der Waals surface area contributed by atoms with Gasteiger partial charge in [0.1, 0.15) is 0 Å². The van der Waals surface area contributed by atoms with Gasteiger partial charge in [0.15, 0.2) is 5.92 Å². The van der Waals surface area contributed by atoms with Gasteiger partial charge in [-0.3, -0.25) is 4.90 Å². The third kappa shape index (κ3) is 5.40. The molecule has 15 heavy (non-hydrogen) atoms. The summed E-state index contributed by atoms with van der Waals surface area (Å²) in [6.45, 7) is 3.02. The minimum Gasteiger partial charge on any atom is -0.395 e. The maximum Gasteiger partial charge on any atom is 0.405 e. The molecular weight excluding hydrogens is 209 g/mol. The molecule has 0 spiro atoms. The van der Waals surface area contributed by atoms with E-state index < -0.39 is 18.6 Å². The summed E-state index contributed by atoms with van der Waals surface area (Å²) >= 11 is 0. The molecule has 0 aliphatic rings. The summed E-state index contributed by atoms with van der Waals surface area (Å²) in [6.07, 6.45) is -3.09. The molecule has 6 heteroatoms. The molecule has 0 aromatic heterocycles. The average Bonchev–Trinajstić information content (AvgIpc) is 2.12. The van der Waals surface area contributed by atoms with Crippen molar-refractivity contribution < 1.29 is 18.3 Å². The predicted molar refractivity (Wildman–Crippen MR) is 48.9 cm³/mol. The van der Waals surface area contributed by atoms with Crippen molar-refractivity contribution in [3.63, 3.8) is 0 Å². The number of nitriles is 1. The maximum absolute atomic E-state index is 12.2. The summed E-state index contributed by atoms with van der Waals surface area (Å²) < 4.78 is 36.7. The van der Waals surface area contributed by atoms with Gasteiger partial charge in [-0.1, -0.05) is 6.08 Å². The Labute approximate surface area is 86.4 Å². The second-order valence-electron chi connectivity index (χ2n) is 3.00. The topological polar surface area (TPSA) is 47.3 Å². The second-order valence-corrected chi connectivity index (χ2v) is 3.00. The molecule has 0 radical (unpaired) electrons. The summed E-state index contributed by atoms with van der Waals surface area (Å²) in [5.74, 6) is -2.02. The lowest BCUT2D eigenvalue weighted by atomic mass is 10.1. The van der Waals surface area contributed by atoms with Crippen molar-refractivity contribution >= 4 is 0 Å². The molecule has 0 aromatic rings. The van der Waals surface area contributed by atoms with Crippen LogP contribution in [0.4, 0.5) is 13.2 Å². The van der Waals surface area contributed by atoms with Gasteiger partial charge in [-0.15, -0.1) is 6.58 Å². The first-order valence-electron chi connectivity index (χ1n) is 4.36. The van der Waals surface area contributed by atoms with E-state index in [1.807, 2.05) is 0 Å². The first-order chi connectivity index (χ1) is 6.95. The quantitative estimate of drug-likeness (QED) is 0.686. The van der Waals surface area contributed by atoms with Crippen molar-refractivity contribution in [3.8, 4) is 6.07 Å². The molecule has 0 aromatic carbocycles. The molecule has 0 amide bonds. The lowest BCUT2D eigenvalue weighted by Gasteiger charge is -2.23. The number of halogens is 3. The van der Waals surface area contributed by atoms with E-state index in [-0.39, 0.29) is 19.7 Å². The Balaban J connectivity index is 4.36. The summed E-state index contributed by atoms with van der Waals surface area (Å²) in [6, 6.07) is 1.21. The van der Waals surface area contributed by atoms with Gasteiger partial charge >= 0.3 is 6.18 Å². The van der Waals surface area contributed by atoms with Gasteiger partial charge in [-0.2, -0.15) is 18.4 Å². The van der Waals surface area contributed by atoms with Crippen molar-refractivity contribution in [2.45, 2.75) is 6.18 Å². The van der Waals surface area contributed by atoms with Crippen LogP contribution in [0.2, 0.25) is 0 Å². The van der Waals surface area contributed by atoms with Gasteiger partial charge in [-0.25, -0.2) is 0 Å². The lowest BCUT2D eigenvalue weighted by molar-refractivity contribution is -0.163. The Bertz CT molecular complexity index is 234. The Morgan fingerprint density at radius 1 is 1.53 bits per heavy atom. The van der Waals surface area contributed by atoms with E-state index in [0.717, 1.165) is 0 Å². The second kappa shape index (κ2) is 6.43. The van der Waals surface area contributed by atoms with Gasteiger partial charge in [-0.05, 0) is 0 Å². The lowest BCUT2D eigenvalue weighted by Crippen LogP contribution is -2.37. The van der Waals surface area contributed by atoms with E-state index >= 15 is 0 Å². The van der Waals surface area contributed by atoms with Crippen LogP contribution in [-0.2, 0) is 0 Å². The monoisotopic (exact) mass is 222 g/mol. The highest BCUT2D eigenvalue weighted by atomic mass is 19.4. The zero-order chi connectivity index (χ0) is 11.9. The predicted octanol–water partition coefficient (Wildman–Crippen LogP) is 1.17. The van der Waals surface area contributed by atoms with Gasteiger partial charge in [0, 0.05) is 19.6 Å². The largest absolute Gasteiger partial charge is 0.405 e. The van der Waals surface area contributed by atoms with Crippen LogP contribution >= 0.6 is 0 Å². The summed E-state index contributed by atoms with van der Waals surface area (Å²) in [4.78, 5) is 1.33. The highest BCUT2D eigenvalue weighted by Gasteiger charge is 2.40. The van der Waals surface area contributed by atoms with Crippen LogP contribution in [0.25, 0.3) is 0 Å². The first-order valence-corrected chi connectivity index (χ1v) is 4.36. The number of nitrogens with zero attached hydrogens (tertiary/aromatic N) is 2. The smallest absolute Gasteiger partial charge is 0.395 e. The van der Waals surface area contributed by atoms with Crippen LogP contribution in [0, 0.1) is 17.2 Å². The standard InChI is InChI=1S/C9H13F3N2O/c1-2-3-14(4-5-15)7-8(6-13)9(10,11)12/h2,8,15H,1,3-5,7H2. The fourth-order valence-corrected chi connectivity index (χ4v) is 1.06. The summed E-state index contributed by atoms with van der Waals surface area (Å²) in [7, 11) is 0. The van der Waals surface area contributed by atoms with Crippen molar-refractivity contribution in [2.24, 2.45) is 5.92 Å². The van der Waals surface area contributed by atoms with E-state index in [4.69, 9.17) is 10.4 Å². The molecule has 0 saturated carbocycles. The van der Waals surface area contributed by atoms with Crippen LogP contribution in [0.1, 0.15) is 0 Å². The molecule has 0 rings (SSSR count). The van der Waals surface area contributed by atoms with Gasteiger partial charge in [0.25, 0.3) is 0 Å². The number of alkyl halides is 3. The molecule has 3 nitrogen and oxygen atoms in total. The zero-order valence-corrected chi connectivity index (χ0v) is 8.17. The highest BCUT2D eigenvalue weighted by molar-refractivity contribution is 4.91. The Hall–Kier alpha value is -1.06. The Kier molecular flexibility index (Phi) is 5.97. The molecule has 0 aliphatic carbocycles. The van der Waals surface area contributed by atoms with E-state index in [1.54, 1.807) is 0 Å². The third-order valence-electron chi connectivity index (χ3n) is 1.80. The molecule has 86 valence electrons. The molecule has 0 bridgehead atoms. The van der Waals surface area contributed by atoms with Gasteiger partial charge in [0.2, 0.25) is 0 Å². The van der Waals surface area contributed by atoms with Crippen LogP contribution < -0.4 is 0 Å². The number of aliphatic hydroxyl groups excluding tert-OH is 1. The number of rotatable bonds is 6. The Morgan fingerprint density at radius 2 is 2.13 bits per heavy atom. The molecule has 1 atom stereocenters. The van der Waals surface area contributed by atoms with Crippen molar-refractivity contribution in [1.29, 1.82) is 5.26 Å². The molecule has 0 aliphatic heterocycles. The number of aliphatic hydroxyl groups is 1. The average molecular weight is 222 g/mol. The van der Waals surface area contributed by atoms with Crippen molar-refractivity contribution in [2.75, 3.05) is 26.2 Å².